The molecule has 1 amide bonds. The van der Waals surface area contributed by atoms with Gasteiger partial charge in [0.05, 0.1) is 5.69 Å². The number of hydrogen-bond acceptors (Lipinski definition) is 2. The Labute approximate surface area is 117 Å². The Morgan fingerprint density at radius 2 is 2.20 bits per heavy atom. The number of aromatic nitrogens is 2. The zero-order valence-electron chi connectivity index (χ0n) is 11.8. The highest BCUT2D eigenvalue weighted by molar-refractivity contribution is 5.95. The van der Waals surface area contributed by atoms with E-state index in [4.69, 9.17) is 0 Å². The number of amides is 1. The monoisotopic (exact) mass is 275 g/mol. The molecular formula is C15H18FN3O. The lowest BCUT2D eigenvalue weighted by atomic mass is 10.0. The average Bonchev–Trinajstić information content (AvgIpc) is 2.74. The van der Waals surface area contributed by atoms with E-state index in [1.54, 1.807) is 17.4 Å². The number of carbonyl (C=O) groups excluding carboxylic acids is 1. The molecule has 0 aliphatic carbocycles. The summed E-state index contributed by atoms with van der Waals surface area (Å²) in [6.45, 7) is 4.63. The molecular weight excluding hydrogens is 257 g/mol. The maximum absolute atomic E-state index is 13.4. The fourth-order valence-corrected chi connectivity index (χ4v) is 2.93. The number of hydrogen-bond donors (Lipinski definition) is 0. The Balaban J connectivity index is 2.06. The lowest BCUT2D eigenvalue weighted by Gasteiger charge is -2.33. The molecule has 1 unspecified atom stereocenters. The number of fused-ring (bicyclic) bond motifs is 1. The van der Waals surface area contributed by atoms with Crippen molar-refractivity contribution in [1.82, 2.24) is 14.3 Å². The van der Waals surface area contributed by atoms with E-state index >= 15 is 0 Å². The highest BCUT2D eigenvalue weighted by atomic mass is 19.1. The molecule has 1 aliphatic heterocycles. The van der Waals surface area contributed by atoms with Crippen molar-refractivity contribution in [3.05, 3.63) is 35.5 Å². The SMILES string of the molecule is Cc1nc2ccc(F)cn2c1C(=O)N1CCCCC1C. The van der Waals surface area contributed by atoms with Gasteiger partial charge in [0.25, 0.3) is 5.91 Å². The number of imidazole rings is 1. The molecule has 1 atom stereocenters. The van der Waals surface area contributed by atoms with Gasteiger partial charge in [0, 0.05) is 18.8 Å². The van der Waals surface area contributed by atoms with Crippen molar-refractivity contribution >= 4 is 11.6 Å². The third-order valence-corrected chi connectivity index (χ3v) is 4.02. The van der Waals surface area contributed by atoms with Crippen LogP contribution in [0, 0.1) is 12.7 Å². The largest absolute Gasteiger partial charge is 0.335 e. The van der Waals surface area contributed by atoms with E-state index in [1.165, 1.54) is 12.3 Å². The van der Waals surface area contributed by atoms with Gasteiger partial charge < -0.3 is 4.90 Å². The highest BCUT2D eigenvalue weighted by Crippen LogP contribution is 2.21. The number of nitrogens with zero attached hydrogens (tertiary/aromatic N) is 3. The first-order valence-electron chi connectivity index (χ1n) is 7.03. The van der Waals surface area contributed by atoms with E-state index in [0.29, 0.717) is 17.0 Å². The summed E-state index contributed by atoms with van der Waals surface area (Å²) in [6.07, 6.45) is 4.54. The molecule has 5 heteroatoms. The molecule has 2 aromatic heterocycles. The molecule has 2 aromatic rings. The predicted molar refractivity (Wildman–Crippen MR) is 74.2 cm³/mol. The van der Waals surface area contributed by atoms with Crippen LogP contribution in [-0.4, -0.2) is 32.8 Å². The molecule has 0 spiro atoms. The molecule has 0 N–H and O–H groups in total. The Kier molecular flexibility index (Phi) is 3.20. The van der Waals surface area contributed by atoms with Gasteiger partial charge in [0.1, 0.15) is 17.2 Å². The first-order chi connectivity index (χ1) is 9.58. The van der Waals surface area contributed by atoms with Crippen LogP contribution in [0.25, 0.3) is 5.65 Å². The molecule has 0 aromatic carbocycles. The van der Waals surface area contributed by atoms with Crippen LogP contribution in [0.4, 0.5) is 4.39 Å². The topological polar surface area (TPSA) is 37.6 Å². The zero-order valence-corrected chi connectivity index (χ0v) is 11.8. The van der Waals surface area contributed by atoms with Crippen LogP contribution >= 0.6 is 0 Å². The summed E-state index contributed by atoms with van der Waals surface area (Å²) in [4.78, 5) is 19.0. The van der Waals surface area contributed by atoms with Crippen LogP contribution in [0.3, 0.4) is 0 Å². The van der Waals surface area contributed by atoms with Gasteiger partial charge in [0.15, 0.2) is 0 Å². The molecule has 4 nitrogen and oxygen atoms in total. The molecule has 106 valence electrons. The Hall–Kier alpha value is -1.91. The second-order valence-electron chi connectivity index (χ2n) is 5.46. The molecule has 0 bridgehead atoms. The van der Waals surface area contributed by atoms with E-state index in [-0.39, 0.29) is 17.8 Å². The number of halogens is 1. The van der Waals surface area contributed by atoms with E-state index in [2.05, 4.69) is 11.9 Å². The summed E-state index contributed by atoms with van der Waals surface area (Å²) in [5, 5.41) is 0. The van der Waals surface area contributed by atoms with Crippen molar-refractivity contribution in [2.24, 2.45) is 0 Å². The predicted octanol–water partition coefficient (Wildman–Crippen LogP) is 2.80. The van der Waals surface area contributed by atoms with Crippen LogP contribution in [0.1, 0.15) is 42.4 Å². The molecule has 0 saturated carbocycles. The molecule has 0 radical (unpaired) electrons. The minimum Gasteiger partial charge on any atom is -0.335 e. The van der Waals surface area contributed by atoms with Crippen molar-refractivity contribution in [3.8, 4) is 0 Å². The van der Waals surface area contributed by atoms with E-state index in [9.17, 15) is 9.18 Å². The molecule has 3 heterocycles. The third kappa shape index (κ3) is 2.07. The second kappa shape index (κ2) is 4.89. The van der Waals surface area contributed by atoms with Gasteiger partial charge in [-0.2, -0.15) is 0 Å². The fourth-order valence-electron chi connectivity index (χ4n) is 2.93. The summed E-state index contributed by atoms with van der Waals surface area (Å²) >= 11 is 0. The first-order valence-corrected chi connectivity index (χ1v) is 7.03. The zero-order chi connectivity index (χ0) is 14.3. The van der Waals surface area contributed by atoms with E-state index < -0.39 is 0 Å². The Morgan fingerprint density at radius 1 is 1.40 bits per heavy atom. The highest BCUT2D eigenvalue weighted by Gasteiger charge is 2.28. The molecule has 1 saturated heterocycles. The smallest absolute Gasteiger partial charge is 0.273 e. The number of rotatable bonds is 1. The minimum absolute atomic E-state index is 0.0483. The summed E-state index contributed by atoms with van der Waals surface area (Å²) in [7, 11) is 0. The van der Waals surface area contributed by atoms with Gasteiger partial charge in [0.2, 0.25) is 0 Å². The van der Waals surface area contributed by atoms with Gasteiger partial charge in [-0.3, -0.25) is 9.20 Å². The Bertz CT molecular complexity index is 664. The molecule has 1 aliphatic rings. The first kappa shape index (κ1) is 13.1. The van der Waals surface area contributed by atoms with Crippen molar-refractivity contribution < 1.29 is 9.18 Å². The van der Waals surface area contributed by atoms with Gasteiger partial charge in [-0.05, 0) is 45.2 Å². The maximum atomic E-state index is 13.4. The summed E-state index contributed by atoms with van der Waals surface area (Å²) in [6, 6.07) is 3.19. The third-order valence-electron chi connectivity index (χ3n) is 4.02. The van der Waals surface area contributed by atoms with E-state index in [0.717, 1.165) is 25.8 Å². The molecule has 3 rings (SSSR count). The number of piperidine rings is 1. The normalized spacial score (nSPS) is 19.6. The van der Waals surface area contributed by atoms with Crippen molar-refractivity contribution in [2.75, 3.05) is 6.54 Å². The lowest BCUT2D eigenvalue weighted by molar-refractivity contribution is 0.0627. The number of pyridine rings is 1. The molecule has 20 heavy (non-hydrogen) atoms. The summed E-state index contributed by atoms with van der Waals surface area (Å²) < 4.78 is 15.0. The number of aryl methyl sites for hydroxylation is 1. The summed E-state index contributed by atoms with van der Waals surface area (Å²) in [5.41, 5.74) is 1.74. The maximum Gasteiger partial charge on any atom is 0.273 e. The quantitative estimate of drug-likeness (QED) is 0.802. The fraction of sp³-hybridized carbons (Fsp3) is 0.467. The average molecular weight is 275 g/mol. The Morgan fingerprint density at radius 3 is 2.95 bits per heavy atom. The van der Waals surface area contributed by atoms with Gasteiger partial charge in [-0.25, -0.2) is 9.37 Å². The van der Waals surface area contributed by atoms with Crippen LogP contribution < -0.4 is 0 Å². The van der Waals surface area contributed by atoms with Gasteiger partial charge >= 0.3 is 0 Å². The minimum atomic E-state index is -0.365. The van der Waals surface area contributed by atoms with Crippen molar-refractivity contribution in [3.63, 3.8) is 0 Å². The van der Waals surface area contributed by atoms with Crippen LogP contribution in [0.5, 0.6) is 0 Å². The standard InChI is InChI=1S/C15H18FN3O/c1-10-5-3-4-8-18(10)15(20)14-11(2)17-13-7-6-12(16)9-19(13)14/h6-7,9-10H,3-5,8H2,1-2H3. The molecule has 1 fully saturated rings. The van der Waals surface area contributed by atoms with E-state index in [1.807, 2.05) is 4.90 Å². The van der Waals surface area contributed by atoms with Crippen molar-refractivity contribution in [1.29, 1.82) is 0 Å². The summed E-state index contributed by atoms with van der Waals surface area (Å²) in [5.74, 6) is -0.413. The van der Waals surface area contributed by atoms with Crippen LogP contribution in [-0.2, 0) is 0 Å². The van der Waals surface area contributed by atoms with Gasteiger partial charge in [-0.15, -0.1) is 0 Å². The van der Waals surface area contributed by atoms with Crippen LogP contribution in [0.2, 0.25) is 0 Å². The number of likely N-dealkylation sites (tertiary alicyclic amines) is 1. The van der Waals surface area contributed by atoms with Crippen LogP contribution in [0.15, 0.2) is 18.3 Å². The number of carbonyl (C=O) groups is 1. The van der Waals surface area contributed by atoms with Crippen molar-refractivity contribution in [2.45, 2.75) is 39.2 Å². The second-order valence-corrected chi connectivity index (χ2v) is 5.46. The van der Waals surface area contributed by atoms with Gasteiger partial charge in [-0.1, -0.05) is 0 Å². The lowest BCUT2D eigenvalue weighted by Crippen LogP contribution is -2.42.